The zero-order valence-electron chi connectivity index (χ0n) is 5.88. The van der Waals surface area contributed by atoms with E-state index in [2.05, 4.69) is 0 Å². The molecule has 0 aliphatic heterocycles. The average molecular weight is 226 g/mol. The maximum atomic E-state index is 10.6. The Morgan fingerprint density at radius 1 is 1.25 bits per heavy atom. The van der Waals surface area contributed by atoms with Gasteiger partial charge in [-0.25, -0.2) is 0 Å². The van der Waals surface area contributed by atoms with Crippen LogP contribution in [0.3, 0.4) is 0 Å². The van der Waals surface area contributed by atoms with Crippen LogP contribution in [0.5, 0.6) is 0 Å². The molecule has 2 N–H and O–H groups in total. The summed E-state index contributed by atoms with van der Waals surface area (Å²) in [6.07, 6.45) is 0. The first-order valence-electron chi connectivity index (χ1n) is 2.86. The fourth-order valence-electron chi connectivity index (χ4n) is 0.649. The molecule has 0 aliphatic rings. The average Bonchev–Trinajstić information content (AvgIpc) is 1.94. The van der Waals surface area contributed by atoms with Gasteiger partial charge in [0.2, 0.25) is 5.91 Å². The first-order chi connectivity index (χ1) is 5.11. The number of nitrogens with two attached hydrogens (primary N) is 1. The normalized spacial score (nSPS) is 8.83. The highest BCUT2D eigenvalue weighted by Crippen LogP contribution is 2.22. The number of primary amides is 1. The molecule has 12 heavy (non-hydrogen) atoms. The summed E-state index contributed by atoms with van der Waals surface area (Å²) in [7, 11) is 0. The number of benzene rings is 1. The lowest BCUT2D eigenvalue weighted by Gasteiger charge is -1.97. The predicted octanol–water partition coefficient (Wildman–Crippen LogP) is 2.51. The van der Waals surface area contributed by atoms with Crippen LogP contribution in [0.4, 0.5) is 0 Å². The van der Waals surface area contributed by atoms with Crippen LogP contribution in [-0.4, -0.2) is 5.91 Å². The van der Waals surface area contributed by atoms with Crippen LogP contribution in [0, 0.1) is 0 Å². The van der Waals surface area contributed by atoms with E-state index < -0.39 is 5.91 Å². The number of amides is 1. The van der Waals surface area contributed by atoms with Crippen LogP contribution in [0.1, 0.15) is 10.4 Å². The van der Waals surface area contributed by atoms with Gasteiger partial charge in [0.15, 0.2) is 0 Å². The Balaban J connectivity index is 0.00000121. The molecule has 1 amide bonds. The minimum atomic E-state index is -0.511. The summed E-state index contributed by atoms with van der Waals surface area (Å²) in [4.78, 5) is 10.6. The molecule has 0 saturated heterocycles. The summed E-state index contributed by atoms with van der Waals surface area (Å²) in [6, 6.07) is 4.49. The number of carbonyl (C=O) groups excluding carboxylic acids is 1. The van der Waals surface area contributed by atoms with E-state index in [0.717, 1.165) is 0 Å². The van der Waals surface area contributed by atoms with E-state index >= 15 is 0 Å². The van der Waals surface area contributed by atoms with Gasteiger partial charge in [0.1, 0.15) is 0 Å². The van der Waals surface area contributed by atoms with Gasteiger partial charge < -0.3 is 5.73 Å². The standard InChI is InChI=1S/C7H5Cl2NO.ClH/c8-5-2-1-4(7(10)11)3-6(5)9;/h1-3H,(H2,10,11);1H. The molecule has 0 spiro atoms. The summed E-state index contributed by atoms with van der Waals surface area (Å²) in [5.41, 5.74) is 5.35. The number of hydrogen-bond donors (Lipinski definition) is 1. The van der Waals surface area contributed by atoms with E-state index in [4.69, 9.17) is 28.9 Å². The maximum absolute atomic E-state index is 10.6. The van der Waals surface area contributed by atoms with Crippen molar-refractivity contribution in [1.82, 2.24) is 0 Å². The van der Waals surface area contributed by atoms with Crippen molar-refractivity contribution in [3.8, 4) is 0 Å². The molecule has 66 valence electrons. The SMILES string of the molecule is Cl.NC(=O)c1ccc(Cl)c(Cl)c1. The number of carbonyl (C=O) groups is 1. The van der Waals surface area contributed by atoms with Crippen LogP contribution in [0.2, 0.25) is 10.0 Å². The summed E-state index contributed by atoms with van der Waals surface area (Å²) >= 11 is 11.2. The van der Waals surface area contributed by atoms with Gasteiger partial charge in [0, 0.05) is 5.56 Å². The highest BCUT2D eigenvalue weighted by molar-refractivity contribution is 6.42. The molecule has 1 rings (SSSR count). The fraction of sp³-hybridized carbons (Fsp3) is 0. The third-order valence-electron chi connectivity index (χ3n) is 1.20. The van der Waals surface area contributed by atoms with Gasteiger partial charge in [-0.05, 0) is 18.2 Å². The van der Waals surface area contributed by atoms with Crippen LogP contribution in [0.25, 0.3) is 0 Å². The molecule has 0 aliphatic carbocycles. The minimum absolute atomic E-state index is 0. The second-order valence-electron chi connectivity index (χ2n) is 1.99. The molecule has 2 nitrogen and oxygen atoms in total. The number of halogens is 3. The van der Waals surface area contributed by atoms with Gasteiger partial charge in [-0.3, -0.25) is 4.79 Å². The fourth-order valence-corrected chi connectivity index (χ4v) is 0.947. The van der Waals surface area contributed by atoms with Crippen LogP contribution < -0.4 is 5.73 Å². The van der Waals surface area contributed by atoms with Gasteiger partial charge in [-0.15, -0.1) is 12.4 Å². The Morgan fingerprint density at radius 2 is 1.83 bits per heavy atom. The zero-order chi connectivity index (χ0) is 8.43. The van der Waals surface area contributed by atoms with Crippen molar-refractivity contribution in [2.75, 3.05) is 0 Å². The van der Waals surface area contributed by atoms with Crippen LogP contribution in [0.15, 0.2) is 18.2 Å². The minimum Gasteiger partial charge on any atom is -0.366 e. The monoisotopic (exact) mass is 225 g/mol. The lowest BCUT2D eigenvalue weighted by atomic mass is 10.2. The van der Waals surface area contributed by atoms with Gasteiger partial charge in [0.05, 0.1) is 10.0 Å². The van der Waals surface area contributed by atoms with Gasteiger partial charge in [0.25, 0.3) is 0 Å². The van der Waals surface area contributed by atoms with Crippen molar-refractivity contribution < 1.29 is 4.79 Å². The molecule has 0 saturated carbocycles. The molecular weight excluding hydrogens is 220 g/mol. The quantitative estimate of drug-likeness (QED) is 0.785. The lowest BCUT2D eigenvalue weighted by molar-refractivity contribution is 0.100. The number of rotatable bonds is 1. The van der Waals surface area contributed by atoms with Crippen LogP contribution >= 0.6 is 35.6 Å². The molecule has 5 heteroatoms. The van der Waals surface area contributed by atoms with E-state index in [-0.39, 0.29) is 12.4 Å². The summed E-state index contributed by atoms with van der Waals surface area (Å²) in [5.74, 6) is -0.511. The van der Waals surface area contributed by atoms with Crippen molar-refractivity contribution in [2.24, 2.45) is 5.73 Å². The Hall–Kier alpha value is -0.440. The summed E-state index contributed by atoms with van der Waals surface area (Å²) in [5, 5.41) is 0.750. The number of hydrogen-bond acceptors (Lipinski definition) is 1. The van der Waals surface area contributed by atoms with E-state index in [9.17, 15) is 4.79 Å². The highest BCUT2D eigenvalue weighted by Gasteiger charge is 2.02. The molecule has 1 aromatic carbocycles. The Labute approximate surface area is 86.1 Å². The van der Waals surface area contributed by atoms with Gasteiger partial charge in [-0.1, -0.05) is 23.2 Å². The van der Waals surface area contributed by atoms with E-state index in [0.29, 0.717) is 15.6 Å². The topological polar surface area (TPSA) is 43.1 Å². The summed E-state index contributed by atoms with van der Waals surface area (Å²) in [6.45, 7) is 0. The third kappa shape index (κ3) is 2.55. The second kappa shape index (κ2) is 4.55. The second-order valence-corrected chi connectivity index (χ2v) is 2.81. The van der Waals surface area contributed by atoms with Gasteiger partial charge in [-0.2, -0.15) is 0 Å². The lowest BCUT2D eigenvalue weighted by Crippen LogP contribution is -2.10. The van der Waals surface area contributed by atoms with Crippen molar-refractivity contribution in [3.63, 3.8) is 0 Å². The Kier molecular flexibility index (Phi) is 4.39. The maximum Gasteiger partial charge on any atom is 0.248 e. The molecular formula is C7H6Cl3NO. The molecule has 0 heterocycles. The van der Waals surface area contributed by atoms with Crippen molar-refractivity contribution >= 4 is 41.5 Å². The Bertz CT molecular complexity index is 301. The van der Waals surface area contributed by atoms with E-state index in [1.807, 2.05) is 0 Å². The molecule has 0 atom stereocenters. The first-order valence-corrected chi connectivity index (χ1v) is 3.61. The molecule has 0 unspecified atom stereocenters. The highest BCUT2D eigenvalue weighted by atomic mass is 35.5. The van der Waals surface area contributed by atoms with E-state index in [1.54, 1.807) is 0 Å². The molecule has 0 bridgehead atoms. The third-order valence-corrected chi connectivity index (χ3v) is 1.94. The van der Waals surface area contributed by atoms with Gasteiger partial charge >= 0.3 is 0 Å². The van der Waals surface area contributed by atoms with Crippen molar-refractivity contribution in [3.05, 3.63) is 33.8 Å². The molecule has 1 aromatic rings. The zero-order valence-corrected chi connectivity index (χ0v) is 8.21. The van der Waals surface area contributed by atoms with Crippen molar-refractivity contribution in [1.29, 1.82) is 0 Å². The van der Waals surface area contributed by atoms with E-state index in [1.165, 1.54) is 18.2 Å². The summed E-state index contributed by atoms with van der Waals surface area (Å²) < 4.78 is 0. The predicted molar refractivity (Wildman–Crippen MR) is 52.2 cm³/mol. The molecule has 0 aromatic heterocycles. The largest absolute Gasteiger partial charge is 0.366 e. The van der Waals surface area contributed by atoms with Crippen molar-refractivity contribution in [2.45, 2.75) is 0 Å². The molecule has 0 radical (unpaired) electrons. The molecule has 0 fully saturated rings. The Morgan fingerprint density at radius 3 is 2.25 bits per heavy atom. The van der Waals surface area contributed by atoms with Crippen LogP contribution in [-0.2, 0) is 0 Å². The smallest absolute Gasteiger partial charge is 0.248 e. The first kappa shape index (κ1) is 11.6.